The van der Waals surface area contributed by atoms with Gasteiger partial charge in [0, 0.05) is 0 Å². The van der Waals surface area contributed by atoms with Crippen molar-refractivity contribution in [2.24, 2.45) is 0 Å². The van der Waals surface area contributed by atoms with Gasteiger partial charge in [-0.3, -0.25) is 0 Å². The Morgan fingerprint density at radius 1 is 1.26 bits per heavy atom. The molecule has 0 bridgehead atoms. The number of hydrogen-bond acceptors (Lipinski definition) is 1. The summed E-state index contributed by atoms with van der Waals surface area (Å²) in [4.78, 5) is 12.4. The van der Waals surface area contributed by atoms with Gasteiger partial charge in [0.05, 0.1) is 0 Å². The molecule has 19 heavy (non-hydrogen) atoms. The Balaban J connectivity index is 3.00. The summed E-state index contributed by atoms with van der Waals surface area (Å²) in [6, 6.07) is 2.91. The van der Waals surface area contributed by atoms with E-state index in [1.165, 1.54) is 12.1 Å². The summed E-state index contributed by atoms with van der Waals surface area (Å²) >= 11 is 0. The third-order valence-corrected chi connectivity index (χ3v) is 6.28. The van der Waals surface area contributed by atoms with Crippen molar-refractivity contribution in [3.8, 4) is 0 Å². The summed E-state index contributed by atoms with van der Waals surface area (Å²) in [5, 5.41) is 2.99. The van der Waals surface area contributed by atoms with E-state index in [0.717, 1.165) is 23.2 Å². The van der Waals surface area contributed by atoms with Crippen LogP contribution in [0.2, 0.25) is 0 Å². The first-order valence-corrected chi connectivity index (χ1v) is 10.3. The molecule has 0 aliphatic heterocycles. The van der Waals surface area contributed by atoms with E-state index in [2.05, 4.69) is 25.3 Å². The summed E-state index contributed by atoms with van der Waals surface area (Å²) in [6.45, 7) is 12.3. The van der Waals surface area contributed by atoms with Gasteiger partial charge in [-0.25, -0.2) is 0 Å². The number of nitrogens with one attached hydrogen (secondary N) is 1. The molecule has 1 aromatic rings. The number of aryl methyl sites for hydroxylation is 2. The number of carbonyl (C=O) groups is 1. The number of amides is 1. The number of benzene rings is 1. The van der Waals surface area contributed by atoms with Crippen LogP contribution in [0.15, 0.2) is 12.1 Å². The molecule has 1 aromatic carbocycles. The second-order valence-electron chi connectivity index (χ2n) is 6.23. The normalized spacial score (nSPS) is 14.1. The Morgan fingerprint density at radius 3 is 2.11 bits per heavy atom. The fourth-order valence-electron chi connectivity index (χ4n) is 2.51. The zero-order valence-electron chi connectivity index (χ0n) is 12.7. The predicted octanol–water partition coefficient (Wildman–Crippen LogP) is 3.80. The molecule has 2 nitrogen and oxygen atoms in total. The fourth-order valence-corrected chi connectivity index (χ4v) is 4.59. The van der Waals surface area contributed by atoms with Crippen LogP contribution in [0.4, 0.5) is 10.1 Å². The number of carbonyl (C=O) groups excluding carboxylic acids is 1. The molecule has 108 valence electrons. The zero-order valence-corrected chi connectivity index (χ0v) is 13.7. The second-order valence-corrected chi connectivity index (χ2v) is 11.7. The molecule has 1 atom stereocenters. The Hall–Kier alpha value is -0.950. The van der Waals surface area contributed by atoms with Gasteiger partial charge < -0.3 is 0 Å². The van der Waals surface area contributed by atoms with Crippen molar-refractivity contribution in [1.82, 2.24) is 0 Å². The van der Waals surface area contributed by atoms with Crippen molar-refractivity contribution in [2.75, 3.05) is 25.3 Å². The SMILES string of the molecule is CCC(C(=O)Nc1c(C)cc(F)cc1C)[PH](C)(C)C. The summed E-state index contributed by atoms with van der Waals surface area (Å²) in [7, 11) is -1.54. The van der Waals surface area contributed by atoms with Gasteiger partial charge in [-0.1, -0.05) is 0 Å². The minimum absolute atomic E-state index is 0.0690. The molecule has 0 aliphatic carbocycles. The standard InChI is InChI=1S/C15H25FNOP/c1-7-13(19(4,5)6)15(18)17-14-10(2)8-12(16)9-11(14)3/h8-9,13,19H,7H2,1-6H3,(H,17,18). The van der Waals surface area contributed by atoms with Crippen molar-refractivity contribution < 1.29 is 9.18 Å². The van der Waals surface area contributed by atoms with E-state index < -0.39 is 7.26 Å². The first-order chi connectivity index (χ1) is 8.66. The van der Waals surface area contributed by atoms with E-state index >= 15 is 0 Å². The first-order valence-electron chi connectivity index (χ1n) is 6.74. The van der Waals surface area contributed by atoms with Crippen LogP contribution >= 0.6 is 7.26 Å². The van der Waals surface area contributed by atoms with Crippen molar-refractivity contribution in [3.05, 3.63) is 29.1 Å². The number of rotatable bonds is 4. The quantitative estimate of drug-likeness (QED) is 0.838. The van der Waals surface area contributed by atoms with Gasteiger partial charge in [-0.05, 0) is 0 Å². The topological polar surface area (TPSA) is 29.1 Å². The van der Waals surface area contributed by atoms with Crippen LogP contribution < -0.4 is 5.32 Å². The molecule has 0 heterocycles. The van der Waals surface area contributed by atoms with Gasteiger partial charge in [-0.2, -0.15) is 0 Å². The number of hydrogen-bond donors (Lipinski definition) is 1. The van der Waals surface area contributed by atoms with Gasteiger partial charge in [0.2, 0.25) is 0 Å². The number of anilines is 1. The number of halogens is 1. The van der Waals surface area contributed by atoms with E-state index in [9.17, 15) is 9.18 Å². The maximum absolute atomic E-state index is 13.3. The molecule has 1 N–H and O–H groups in total. The minimum atomic E-state index is -1.54. The maximum atomic E-state index is 13.3. The fraction of sp³-hybridized carbons (Fsp3) is 0.533. The Bertz CT molecular complexity index is 457. The molecule has 0 saturated carbocycles. The van der Waals surface area contributed by atoms with E-state index in [4.69, 9.17) is 0 Å². The van der Waals surface area contributed by atoms with Gasteiger partial charge >= 0.3 is 115 Å². The van der Waals surface area contributed by atoms with Crippen LogP contribution in [0.3, 0.4) is 0 Å². The van der Waals surface area contributed by atoms with Crippen molar-refractivity contribution in [1.29, 1.82) is 0 Å². The molecule has 0 fully saturated rings. The first kappa shape index (κ1) is 16.1. The van der Waals surface area contributed by atoms with Gasteiger partial charge in [-0.15, -0.1) is 0 Å². The van der Waals surface area contributed by atoms with E-state index in [1.54, 1.807) is 0 Å². The molecule has 1 unspecified atom stereocenters. The molecule has 0 radical (unpaired) electrons. The monoisotopic (exact) mass is 285 g/mol. The molecule has 0 spiro atoms. The van der Waals surface area contributed by atoms with Crippen LogP contribution in [-0.2, 0) is 4.79 Å². The van der Waals surface area contributed by atoms with E-state index in [0.29, 0.717) is 0 Å². The summed E-state index contributed by atoms with van der Waals surface area (Å²) in [5.74, 6) is -0.190. The van der Waals surface area contributed by atoms with Crippen molar-refractivity contribution >= 4 is 18.9 Å². The molecule has 1 rings (SSSR count). The molecular formula is C15H25FNOP. The van der Waals surface area contributed by atoms with Crippen LogP contribution in [0.5, 0.6) is 0 Å². The molecule has 0 saturated heterocycles. The van der Waals surface area contributed by atoms with Crippen LogP contribution in [-0.4, -0.2) is 31.6 Å². The third-order valence-electron chi connectivity index (χ3n) is 3.52. The van der Waals surface area contributed by atoms with Crippen LogP contribution in [0.1, 0.15) is 24.5 Å². The molecule has 1 amide bonds. The summed E-state index contributed by atoms with van der Waals surface area (Å²) < 4.78 is 13.3. The average Bonchev–Trinajstić information content (AvgIpc) is 2.22. The summed E-state index contributed by atoms with van der Waals surface area (Å²) in [5.41, 5.74) is 2.38. The van der Waals surface area contributed by atoms with Crippen molar-refractivity contribution in [3.63, 3.8) is 0 Å². The second kappa shape index (κ2) is 6.00. The van der Waals surface area contributed by atoms with Gasteiger partial charge in [0.25, 0.3) is 0 Å². The Kier molecular flexibility index (Phi) is 5.09. The Morgan fingerprint density at radius 2 is 1.74 bits per heavy atom. The van der Waals surface area contributed by atoms with E-state index in [-0.39, 0.29) is 17.4 Å². The summed E-state index contributed by atoms with van der Waals surface area (Å²) in [6.07, 6.45) is 0.848. The third kappa shape index (κ3) is 4.01. The molecule has 0 aliphatic rings. The van der Waals surface area contributed by atoms with Crippen molar-refractivity contribution in [2.45, 2.75) is 32.9 Å². The van der Waals surface area contributed by atoms with E-state index in [1.807, 2.05) is 20.8 Å². The molecular weight excluding hydrogens is 260 g/mol. The molecule has 4 heteroatoms. The molecule has 0 aromatic heterocycles. The Labute approximate surface area is 116 Å². The van der Waals surface area contributed by atoms with Gasteiger partial charge in [0.15, 0.2) is 0 Å². The van der Waals surface area contributed by atoms with Gasteiger partial charge in [0.1, 0.15) is 0 Å². The van der Waals surface area contributed by atoms with Crippen LogP contribution in [0.25, 0.3) is 0 Å². The van der Waals surface area contributed by atoms with Crippen LogP contribution in [0, 0.1) is 19.7 Å². The zero-order chi connectivity index (χ0) is 14.8. The predicted molar refractivity (Wildman–Crippen MR) is 84.7 cm³/mol. The average molecular weight is 285 g/mol.